The van der Waals surface area contributed by atoms with Crippen LogP contribution in [0.5, 0.6) is 11.6 Å². The number of sulfonamides is 1. The minimum Gasteiger partial charge on any atom is -0.439 e. The van der Waals surface area contributed by atoms with Gasteiger partial charge in [0.15, 0.2) is 0 Å². The second kappa shape index (κ2) is 9.65. The molecule has 0 atom stereocenters. The quantitative estimate of drug-likeness (QED) is 0.404. The molecule has 1 fully saturated rings. The fraction of sp³-hybridized carbons (Fsp3) is 0.280. The first-order chi connectivity index (χ1) is 16.8. The summed E-state index contributed by atoms with van der Waals surface area (Å²) < 4.78 is 31.0. The van der Waals surface area contributed by atoms with E-state index in [2.05, 4.69) is 43.4 Å². The van der Waals surface area contributed by atoms with Gasteiger partial charge in [0.25, 0.3) is 0 Å². The summed E-state index contributed by atoms with van der Waals surface area (Å²) in [7, 11) is -3.12. The summed E-state index contributed by atoms with van der Waals surface area (Å²) in [5, 5.41) is 4.34. The normalized spacial score (nSPS) is 15.4. The zero-order valence-electron chi connectivity index (χ0n) is 19.7. The molecule has 2 aromatic carbocycles. The maximum atomic E-state index is 11.7. The Morgan fingerprint density at radius 3 is 2.69 bits per heavy atom. The Morgan fingerprint density at radius 2 is 1.89 bits per heavy atom. The van der Waals surface area contributed by atoms with Gasteiger partial charge in [0.1, 0.15) is 5.75 Å². The first kappa shape index (κ1) is 23.3. The Hall–Kier alpha value is -3.47. The number of benzene rings is 2. The van der Waals surface area contributed by atoms with Crippen LogP contribution in [0.3, 0.4) is 0 Å². The molecule has 2 N–H and O–H groups in total. The van der Waals surface area contributed by atoms with E-state index in [1.807, 2.05) is 37.3 Å². The number of ether oxygens (including phenoxy) is 1. The summed E-state index contributed by atoms with van der Waals surface area (Å²) in [6.07, 6.45) is 2.93. The van der Waals surface area contributed by atoms with Crippen molar-refractivity contribution in [2.75, 3.05) is 37.8 Å². The molecule has 0 aliphatic carbocycles. The second-order valence-corrected chi connectivity index (χ2v) is 10.8. The smallest absolute Gasteiger partial charge is 0.230 e. The van der Waals surface area contributed by atoms with Crippen LogP contribution < -0.4 is 10.1 Å². The van der Waals surface area contributed by atoms with E-state index < -0.39 is 10.0 Å². The summed E-state index contributed by atoms with van der Waals surface area (Å²) >= 11 is 0. The molecule has 2 aromatic heterocycles. The average Bonchev–Trinajstić information content (AvgIpc) is 3.19. The number of hydrogen-bond donors (Lipinski definition) is 2. The number of aryl methyl sites for hydroxylation is 1. The van der Waals surface area contributed by atoms with Crippen LogP contribution in [0.1, 0.15) is 11.3 Å². The van der Waals surface area contributed by atoms with Crippen molar-refractivity contribution in [3.63, 3.8) is 0 Å². The fourth-order valence-corrected chi connectivity index (χ4v) is 5.08. The number of H-pyrrole nitrogens is 1. The lowest BCUT2D eigenvalue weighted by Gasteiger charge is -2.33. The molecule has 3 heterocycles. The third-order valence-electron chi connectivity index (χ3n) is 5.97. The maximum absolute atomic E-state index is 11.7. The first-order valence-electron chi connectivity index (χ1n) is 11.5. The first-order valence-corrected chi connectivity index (χ1v) is 13.3. The third kappa shape index (κ3) is 5.79. The standard InChI is InChI=1S/C25H28N6O3S/c1-18-14-20-16-22(6-7-23(20)27-18)34-24-8-9-26-25(29-24)28-21-5-3-4-19(15-21)17-30-10-12-31(13-11-30)35(2,32)33/h3-9,14-16,27H,10-13,17H2,1-2H3,(H,26,28,29). The highest BCUT2D eigenvalue weighted by Gasteiger charge is 2.23. The van der Waals surface area contributed by atoms with Gasteiger partial charge in [0.05, 0.1) is 6.26 Å². The highest BCUT2D eigenvalue weighted by Crippen LogP contribution is 2.26. The zero-order chi connectivity index (χ0) is 24.4. The maximum Gasteiger partial charge on any atom is 0.230 e. The van der Waals surface area contributed by atoms with Crippen LogP contribution in [0.4, 0.5) is 11.6 Å². The molecule has 5 rings (SSSR count). The van der Waals surface area contributed by atoms with Crippen molar-refractivity contribution in [1.29, 1.82) is 0 Å². The molecule has 0 radical (unpaired) electrons. The van der Waals surface area contributed by atoms with Gasteiger partial charge < -0.3 is 15.0 Å². The van der Waals surface area contributed by atoms with Crippen LogP contribution in [0.2, 0.25) is 0 Å². The van der Waals surface area contributed by atoms with Gasteiger partial charge >= 0.3 is 0 Å². The third-order valence-corrected chi connectivity index (χ3v) is 7.27. The lowest BCUT2D eigenvalue weighted by Crippen LogP contribution is -2.47. The van der Waals surface area contributed by atoms with E-state index in [1.54, 1.807) is 12.3 Å². The van der Waals surface area contributed by atoms with Gasteiger partial charge in [-0.15, -0.1) is 0 Å². The highest BCUT2D eigenvalue weighted by molar-refractivity contribution is 7.88. The van der Waals surface area contributed by atoms with Gasteiger partial charge in [-0.25, -0.2) is 13.4 Å². The lowest BCUT2D eigenvalue weighted by molar-refractivity contribution is 0.182. The van der Waals surface area contributed by atoms with Gasteiger partial charge in [0, 0.05) is 67.3 Å². The average molecular weight is 493 g/mol. The molecule has 9 nitrogen and oxygen atoms in total. The van der Waals surface area contributed by atoms with E-state index in [-0.39, 0.29) is 0 Å². The number of fused-ring (bicyclic) bond motifs is 1. The predicted octanol–water partition coefficient (Wildman–Crippen LogP) is 3.88. The van der Waals surface area contributed by atoms with Gasteiger partial charge in [-0.05, 0) is 48.9 Å². The van der Waals surface area contributed by atoms with Crippen LogP contribution in [-0.4, -0.2) is 65.0 Å². The topological polar surface area (TPSA) is 103 Å². The van der Waals surface area contributed by atoms with Crippen LogP contribution in [-0.2, 0) is 16.6 Å². The largest absolute Gasteiger partial charge is 0.439 e. The monoisotopic (exact) mass is 492 g/mol. The van der Waals surface area contributed by atoms with E-state index in [4.69, 9.17) is 4.74 Å². The van der Waals surface area contributed by atoms with E-state index >= 15 is 0 Å². The Labute approximate surface area is 204 Å². The fourth-order valence-electron chi connectivity index (χ4n) is 4.25. The van der Waals surface area contributed by atoms with Crippen molar-refractivity contribution in [2.24, 2.45) is 0 Å². The molecule has 1 aliphatic rings. The number of hydrogen-bond acceptors (Lipinski definition) is 7. The Kier molecular flexibility index (Phi) is 6.42. The van der Waals surface area contributed by atoms with Gasteiger partial charge in [-0.2, -0.15) is 9.29 Å². The molecule has 0 unspecified atom stereocenters. The van der Waals surface area contributed by atoms with Crippen molar-refractivity contribution in [1.82, 2.24) is 24.2 Å². The molecular formula is C25H28N6O3S. The van der Waals surface area contributed by atoms with Crippen molar-refractivity contribution in [2.45, 2.75) is 13.5 Å². The number of aromatic amines is 1. The van der Waals surface area contributed by atoms with Crippen molar-refractivity contribution >= 4 is 32.6 Å². The molecule has 0 amide bonds. The van der Waals surface area contributed by atoms with Crippen molar-refractivity contribution in [3.05, 3.63) is 72.1 Å². The lowest BCUT2D eigenvalue weighted by atomic mass is 10.2. The van der Waals surface area contributed by atoms with E-state index in [1.165, 1.54) is 10.6 Å². The van der Waals surface area contributed by atoms with E-state index in [0.717, 1.165) is 34.4 Å². The SMILES string of the molecule is Cc1cc2cc(Oc3ccnc(Nc4cccc(CN5CCN(S(C)(=O)=O)CC5)c4)n3)ccc2[nH]1. The van der Waals surface area contributed by atoms with E-state index in [9.17, 15) is 8.42 Å². The minimum absolute atomic E-state index is 0.444. The molecule has 1 saturated heterocycles. The molecule has 10 heteroatoms. The van der Waals surface area contributed by atoms with E-state index in [0.29, 0.717) is 43.8 Å². The Bertz CT molecular complexity index is 1440. The highest BCUT2D eigenvalue weighted by atomic mass is 32.2. The van der Waals surface area contributed by atoms with Crippen LogP contribution in [0.25, 0.3) is 10.9 Å². The van der Waals surface area contributed by atoms with Gasteiger partial charge in [-0.3, -0.25) is 4.90 Å². The summed E-state index contributed by atoms with van der Waals surface area (Å²) in [4.78, 5) is 14.4. The molecule has 1 aliphatic heterocycles. The van der Waals surface area contributed by atoms with Gasteiger partial charge in [-0.1, -0.05) is 12.1 Å². The summed E-state index contributed by atoms with van der Waals surface area (Å²) in [5.74, 6) is 1.60. The zero-order valence-corrected chi connectivity index (χ0v) is 20.5. The molecule has 182 valence electrons. The molecular weight excluding hydrogens is 464 g/mol. The molecule has 0 saturated carbocycles. The number of rotatable bonds is 7. The molecule has 0 spiro atoms. The number of aromatic nitrogens is 3. The number of anilines is 2. The number of piperazine rings is 1. The summed E-state index contributed by atoms with van der Waals surface area (Å²) in [6.45, 7) is 5.24. The van der Waals surface area contributed by atoms with Crippen molar-refractivity contribution in [3.8, 4) is 11.6 Å². The molecule has 4 aromatic rings. The molecule has 35 heavy (non-hydrogen) atoms. The Morgan fingerprint density at radius 1 is 1.06 bits per heavy atom. The Balaban J connectivity index is 1.22. The predicted molar refractivity (Wildman–Crippen MR) is 137 cm³/mol. The molecule has 0 bridgehead atoms. The van der Waals surface area contributed by atoms with Gasteiger partial charge in [0.2, 0.25) is 21.9 Å². The summed E-state index contributed by atoms with van der Waals surface area (Å²) in [6, 6.07) is 17.8. The van der Waals surface area contributed by atoms with Crippen LogP contribution in [0.15, 0.2) is 60.8 Å². The van der Waals surface area contributed by atoms with Crippen LogP contribution >= 0.6 is 0 Å². The minimum atomic E-state index is -3.12. The number of nitrogens with zero attached hydrogens (tertiary/aromatic N) is 4. The second-order valence-electron chi connectivity index (χ2n) is 8.79. The summed E-state index contributed by atoms with van der Waals surface area (Å²) in [5.41, 5.74) is 4.17. The van der Waals surface area contributed by atoms with Crippen LogP contribution in [0, 0.1) is 6.92 Å². The number of nitrogens with one attached hydrogen (secondary N) is 2. The van der Waals surface area contributed by atoms with Crippen molar-refractivity contribution < 1.29 is 13.2 Å².